The van der Waals surface area contributed by atoms with Crippen LogP contribution in [0.4, 0.5) is 10.1 Å². The SMILES string of the molecule is O=C1[C@H]2[C@H](C(=O)N1c1ccc(F)cc1)[C@@H]1C=C[C@@H]2CC1. The number of fused-ring (bicyclic) bond motifs is 1. The van der Waals surface area contributed by atoms with Crippen molar-refractivity contribution in [2.45, 2.75) is 12.8 Å². The van der Waals surface area contributed by atoms with Crippen molar-refractivity contribution < 1.29 is 14.0 Å². The topological polar surface area (TPSA) is 37.4 Å². The molecule has 102 valence electrons. The second kappa shape index (κ2) is 4.01. The van der Waals surface area contributed by atoms with E-state index >= 15 is 0 Å². The van der Waals surface area contributed by atoms with Gasteiger partial charge in [0.2, 0.25) is 11.8 Å². The minimum absolute atomic E-state index is 0.120. The monoisotopic (exact) mass is 271 g/mol. The minimum atomic E-state index is -0.369. The Kier molecular flexibility index (Phi) is 2.37. The predicted molar refractivity (Wildman–Crippen MR) is 71.2 cm³/mol. The zero-order valence-corrected chi connectivity index (χ0v) is 10.8. The summed E-state index contributed by atoms with van der Waals surface area (Å²) >= 11 is 0. The lowest BCUT2D eigenvalue weighted by molar-refractivity contribution is -0.124. The highest BCUT2D eigenvalue weighted by Gasteiger charge is 2.56. The van der Waals surface area contributed by atoms with E-state index in [1.807, 2.05) is 0 Å². The summed E-state index contributed by atoms with van der Waals surface area (Å²) in [5.41, 5.74) is 0.482. The number of nitrogens with zero attached hydrogens (tertiary/aromatic N) is 1. The molecule has 0 unspecified atom stereocenters. The van der Waals surface area contributed by atoms with Crippen LogP contribution < -0.4 is 4.90 Å². The van der Waals surface area contributed by atoms with Crippen LogP contribution in [0.15, 0.2) is 36.4 Å². The van der Waals surface area contributed by atoms with Crippen molar-refractivity contribution in [3.63, 3.8) is 0 Å². The van der Waals surface area contributed by atoms with Crippen LogP contribution >= 0.6 is 0 Å². The zero-order valence-electron chi connectivity index (χ0n) is 10.8. The van der Waals surface area contributed by atoms with E-state index in [4.69, 9.17) is 0 Å². The Bertz CT molecular complexity index is 590. The van der Waals surface area contributed by atoms with E-state index in [9.17, 15) is 14.0 Å². The van der Waals surface area contributed by atoms with Gasteiger partial charge in [0.1, 0.15) is 5.82 Å². The van der Waals surface area contributed by atoms with Gasteiger partial charge in [-0.3, -0.25) is 14.5 Å². The first kappa shape index (κ1) is 11.8. The molecule has 4 aliphatic rings. The molecule has 0 N–H and O–H groups in total. The van der Waals surface area contributed by atoms with Crippen LogP contribution in [0.5, 0.6) is 0 Å². The summed E-state index contributed by atoms with van der Waals surface area (Å²) in [6, 6.07) is 5.56. The number of halogens is 1. The summed E-state index contributed by atoms with van der Waals surface area (Å²) in [5, 5.41) is 0. The summed E-state index contributed by atoms with van der Waals surface area (Å²) in [7, 11) is 0. The van der Waals surface area contributed by atoms with Gasteiger partial charge in [-0.05, 0) is 48.9 Å². The molecule has 0 radical (unpaired) electrons. The molecular weight excluding hydrogens is 257 g/mol. The second-order valence-corrected chi connectivity index (χ2v) is 5.83. The number of hydrogen-bond acceptors (Lipinski definition) is 2. The van der Waals surface area contributed by atoms with Crippen molar-refractivity contribution >= 4 is 17.5 Å². The van der Waals surface area contributed by atoms with Gasteiger partial charge in [0.05, 0.1) is 17.5 Å². The van der Waals surface area contributed by atoms with Gasteiger partial charge in [-0.25, -0.2) is 4.39 Å². The number of carbonyl (C=O) groups is 2. The standard InChI is InChI=1S/C16H14FNO2/c17-11-5-7-12(8-6-11)18-15(19)13-9-1-2-10(4-3-9)14(13)16(18)20/h1-2,5-10,13-14H,3-4H2/t9-,10-,13-,14-/m1/s1. The fraction of sp³-hybridized carbons (Fsp3) is 0.375. The molecule has 5 rings (SSSR count). The molecule has 20 heavy (non-hydrogen) atoms. The van der Waals surface area contributed by atoms with Crippen molar-refractivity contribution in [3.05, 3.63) is 42.2 Å². The molecule has 1 aromatic carbocycles. The van der Waals surface area contributed by atoms with Crippen LogP contribution in [0.25, 0.3) is 0 Å². The first-order valence-electron chi connectivity index (χ1n) is 6.98. The lowest BCUT2D eigenvalue weighted by Gasteiger charge is -2.38. The zero-order chi connectivity index (χ0) is 13.9. The molecule has 1 saturated carbocycles. The molecule has 4 atom stereocenters. The Morgan fingerprint density at radius 2 is 1.40 bits per heavy atom. The predicted octanol–water partition coefficient (Wildman–Crippen LogP) is 2.53. The molecule has 2 fully saturated rings. The van der Waals surface area contributed by atoms with Crippen LogP contribution in [0.1, 0.15) is 12.8 Å². The first-order chi connectivity index (χ1) is 9.66. The molecule has 0 aromatic heterocycles. The second-order valence-electron chi connectivity index (χ2n) is 5.83. The Balaban J connectivity index is 1.75. The van der Waals surface area contributed by atoms with Crippen molar-refractivity contribution in [1.82, 2.24) is 0 Å². The van der Waals surface area contributed by atoms with E-state index in [0.29, 0.717) is 5.69 Å². The maximum Gasteiger partial charge on any atom is 0.238 e. The van der Waals surface area contributed by atoms with Gasteiger partial charge in [-0.2, -0.15) is 0 Å². The van der Waals surface area contributed by atoms with Gasteiger partial charge in [0, 0.05) is 0 Å². The molecule has 4 heteroatoms. The van der Waals surface area contributed by atoms with Gasteiger partial charge < -0.3 is 0 Å². The van der Waals surface area contributed by atoms with Crippen LogP contribution in [0.2, 0.25) is 0 Å². The average Bonchev–Trinajstić information content (AvgIpc) is 2.76. The van der Waals surface area contributed by atoms with E-state index in [1.165, 1.54) is 29.2 Å². The van der Waals surface area contributed by atoms with E-state index in [2.05, 4.69) is 12.2 Å². The molecule has 1 saturated heterocycles. The molecule has 2 bridgehead atoms. The average molecular weight is 271 g/mol. The third-order valence-electron chi connectivity index (χ3n) is 4.84. The van der Waals surface area contributed by atoms with Crippen molar-refractivity contribution in [3.8, 4) is 0 Å². The number of rotatable bonds is 1. The van der Waals surface area contributed by atoms with Gasteiger partial charge >= 0.3 is 0 Å². The summed E-state index contributed by atoms with van der Waals surface area (Å²) < 4.78 is 13.0. The highest BCUT2D eigenvalue weighted by atomic mass is 19.1. The molecule has 2 amide bonds. The normalized spacial score (nSPS) is 34.8. The van der Waals surface area contributed by atoms with Crippen LogP contribution in [0.3, 0.4) is 0 Å². The first-order valence-corrected chi connectivity index (χ1v) is 6.98. The molecule has 1 heterocycles. The lowest BCUT2D eigenvalue weighted by Crippen LogP contribution is -2.38. The molecule has 1 aliphatic heterocycles. The number of anilines is 1. The molecule has 0 spiro atoms. The Morgan fingerprint density at radius 1 is 0.900 bits per heavy atom. The van der Waals surface area contributed by atoms with E-state index in [1.54, 1.807) is 0 Å². The van der Waals surface area contributed by atoms with Gasteiger partial charge in [-0.1, -0.05) is 12.2 Å². The number of allylic oxidation sites excluding steroid dienone is 2. The summed E-state index contributed by atoms with van der Waals surface area (Å²) in [6.07, 6.45) is 6.15. The molecule has 3 nitrogen and oxygen atoms in total. The highest BCUT2D eigenvalue weighted by Crippen LogP contribution is 2.50. The van der Waals surface area contributed by atoms with Gasteiger partial charge in [-0.15, -0.1) is 0 Å². The Hall–Kier alpha value is -1.97. The van der Waals surface area contributed by atoms with Crippen molar-refractivity contribution in [1.29, 1.82) is 0 Å². The Labute approximate surface area is 116 Å². The van der Waals surface area contributed by atoms with Crippen molar-refractivity contribution in [2.24, 2.45) is 23.7 Å². The smallest absolute Gasteiger partial charge is 0.238 e. The third-order valence-corrected chi connectivity index (χ3v) is 4.84. The molecule has 3 aliphatic carbocycles. The number of hydrogen-bond donors (Lipinski definition) is 0. The number of imide groups is 1. The summed E-state index contributed by atoms with van der Waals surface area (Å²) in [5.74, 6) is -0.658. The maximum absolute atomic E-state index is 13.0. The minimum Gasteiger partial charge on any atom is -0.274 e. The Morgan fingerprint density at radius 3 is 1.85 bits per heavy atom. The molecule has 1 aromatic rings. The quantitative estimate of drug-likeness (QED) is 0.581. The van der Waals surface area contributed by atoms with Crippen molar-refractivity contribution in [2.75, 3.05) is 4.90 Å². The van der Waals surface area contributed by atoms with E-state index in [-0.39, 0.29) is 41.3 Å². The lowest BCUT2D eigenvalue weighted by atomic mass is 9.63. The van der Waals surface area contributed by atoms with Gasteiger partial charge in [0.15, 0.2) is 0 Å². The third kappa shape index (κ3) is 1.45. The molecular formula is C16H14FNO2. The summed E-state index contributed by atoms with van der Waals surface area (Å²) in [4.78, 5) is 26.5. The summed E-state index contributed by atoms with van der Waals surface area (Å²) in [6.45, 7) is 0. The van der Waals surface area contributed by atoms with Crippen LogP contribution in [-0.4, -0.2) is 11.8 Å². The highest BCUT2D eigenvalue weighted by molar-refractivity contribution is 6.22. The van der Waals surface area contributed by atoms with Gasteiger partial charge in [0.25, 0.3) is 0 Å². The van der Waals surface area contributed by atoms with Crippen LogP contribution in [0, 0.1) is 29.5 Å². The van der Waals surface area contributed by atoms with E-state index < -0.39 is 0 Å². The van der Waals surface area contributed by atoms with E-state index in [0.717, 1.165) is 12.8 Å². The fourth-order valence-corrected chi connectivity index (χ4v) is 3.92. The fourth-order valence-electron chi connectivity index (χ4n) is 3.92. The number of carbonyl (C=O) groups excluding carboxylic acids is 2. The largest absolute Gasteiger partial charge is 0.274 e. The maximum atomic E-state index is 13.0. The number of benzene rings is 1. The number of amides is 2. The van der Waals surface area contributed by atoms with Crippen LogP contribution in [-0.2, 0) is 9.59 Å².